The van der Waals surface area contributed by atoms with E-state index in [4.69, 9.17) is 14.2 Å². The lowest BCUT2D eigenvalue weighted by Crippen LogP contribution is -2.56. The zero-order valence-corrected chi connectivity index (χ0v) is 16.9. The lowest BCUT2D eigenvalue weighted by atomic mass is 9.72. The van der Waals surface area contributed by atoms with E-state index < -0.39 is 6.04 Å². The molecule has 4 aliphatic rings. The van der Waals surface area contributed by atoms with Crippen molar-refractivity contribution in [2.24, 2.45) is 5.41 Å². The number of methoxy groups -OCH3 is 1. The Morgan fingerprint density at radius 2 is 1.89 bits per heavy atom. The molecule has 0 radical (unpaired) electrons. The number of likely N-dealkylation sites (tertiary alicyclic amines) is 1. The van der Waals surface area contributed by atoms with Crippen molar-refractivity contribution in [3.05, 3.63) is 0 Å². The van der Waals surface area contributed by atoms with Gasteiger partial charge in [-0.05, 0) is 45.4 Å². The maximum Gasteiger partial charge on any atom is 0.247 e. The van der Waals surface area contributed by atoms with Gasteiger partial charge in [0, 0.05) is 32.5 Å². The van der Waals surface area contributed by atoms with Gasteiger partial charge in [0.1, 0.15) is 6.04 Å². The quantitative estimate of drug-likeness (QED) is 0.722. The Morgan fingerprint density at radius 3 is 2.41 bits per heavy atom. The number of carbonyl (C=O) groups is 2. The Bertz CT molecular complexity index is 511. The lowest BCUT2D eigenvalue weighted by Gasteiger charge is -2.46. The molecule has 1 saturated carbocycles. The summed E-state index contributed by atoms with van der Waals surface area (Å²) in [7, 11) is 1.71. The first-order valence-electron chi connectivity index (χ1n) is 10.2. The Kier molecular flexibility index (Phi) is 6.76. The van der Waals surface area contributed by atoms with Crippen LogP contribution in [-0.2, 0) is 23.8 Å². The summed E-state index contributed by atoms with van der Waals surface area (Å²) in [5.74, 6) is -0.274. The summed E-state index contributed by atoms with van der Waals surface area (Å²) >= 11 is 0. The molecule has 4 rings (SSSR count). The molecule has 0 aromatic rings. The number of piperidine rings is 1. The van der Waals surface area contributed by atoms with E-state index in [0.29, 0.717) is 25.8 Å². The molecular weight excluding hydrogens is 348 g/mol. The van der Waals surface area contributed by atoms with Gasteiger partial charge in [0.25, 0.3) is 0 Å². The molecule has 7 heteroatoms. The molecule has 2 atom stereocenters. The van der Waals surface area contributed by atoms with Gasteiger partial charge in [-0.1, -0.05) is 0 Å². The fourth-order valence-corrected chi connectivity index (χ4v) is 4.51. The monoisotopic (exact) mass is 382 g/mol. The highest BCUT2D eigenvalue weighted by Gasteiger charge is 2.42. The van der Waals surface area contributed by atoms with Crippen LogP contribution in [0.3, 0.4) is 0 Å². The number of fused-ring (bicyclic) bond motifs is 3. The fraction of sp³-hybridized carbons (Fsp3) is 0.900. The van der Waals surface area contributed by atoms with E-state index in [1.54, 1.807) is 7.11 Å². The van der Waals surface area contributed by atoms with Crippen LogP contribution in [0.1, 0.15) is 52.4 Å². The molecule has 1 aliphatic carbocycles. The number of hydrogen-bond donors (Lipinski definition) is 1. The second-order valence-corrected chi connectivity index (χ2v) is 8.47. The van der Waals surface area contributed by atoms with E-state index in [2.05, 4.69) is 5.32 Å². The summed E-state index contributed by atoms with van der Waals surface area (Å²) < 4.78 is 17.4. The van der Waals surface area contributed by atoms with Crippen LogP contribution in [0.2, 0.25) is 0 Å². The third kappa shape index (κ3) is 5.00. The van der Waals surface area contributed by atoms with E-state index >= 15 is 0 Å². The summed E-state index contributed by atoms with van der Waals surface area (Å²) in [6.07, 6.45) is 6.34. The van der Waals surface area contributed by atoms with E-state index in [-0.39, 0.29) is 29.4 Å². The molecular formula is C20H34N2O5. The average Bonchev–Trinajstić information content (AvgIpc) is 2.71. The zero-order chi connectivity index (χ0) is 19.4. The average molecular weight is 383 g/mol. The minimum Gasteiger partial charge on any atom is -0.381 e. The summed E-state index contributed by atoms with van der Waals surface area (Å²) in [6, 6.07) is -0.654. The lowest BCUT2D eigenvalue weighted by molar-refractivity contribution is -0.158. The van der Waals surface area contributed by atoms with Crippen molar-refractivity contribution in [3.8, 4) is 0 Å². The van der Waals surface area contributed by atoms with Crippen molar-refractivity contribution in [2.45, 2.75) is 76.7 Å². The van der Waals surface area contributed by atoms with Crippen LogP contribution in [0.25, 0.3) is 0 Å². The minimum absolute atomic E-state index is 0.0617. The standard InChI is InChI=1S/C20H34N2O5/c1-14(26-12-20-8-4-17(5-9-20)27-13-20)18(21-15(2)23)19(24)22-10-6-16(25-3)7-11-22/h14,16-18H,4-13H2,1-3H3,(H,21,23). The number of hydrogen-bond acceptors (Lipinski definition) is 5. The third-order valence-electron chi connectivity index (χ3n) is 6.45. The van der Waals surface area contributed by atoms with Crippen LogP contribution in [0.5, 0.6) is 0 Å². The molecule has 2 bridgehead atoms. The predicted molar refractivity (Wildman–Crippen MR) is 100 cm³/mol. The largest absolute Gasteiger partial charge is 0.381 e. The normalized spacial score (nSPS) is 30.8. The predicted octanol–water partition coefficient (Wildman–Crippen LogP) is 1.49. The Balaban J connectivity index is 1.57. The fourth-order valence-electron chi connectivity index (χ4n) is 4.51. The van der Waals surface area contributed by atoms with Crippen molar-refractivity contribution in [1.82, 2.24) is 10.2 Å². The van der Waals surface area contributed by atoms with E-state index in [9.17, 15) is 9.59 Å². The van der Waals surface area contributed by atoms with Crippen molar-refractivity contribution < 1.29 is 23.8 Å². The number of amides is 2. The summed E-state index contributed by atoms with van der Waals surface area (Å²) in [5.41, 5.74) is 0.0731. The van der Waals surface area contributed by atoms with Crippen LogP contribution in [0, 0.1) is 5.41 Å². The number of ether oxygens (including phenoxy) is 3. The number of carbonyl (C=O) groups excluding carboxylic acids is 2. The third-order valence-corrected chi connectivity index (χ3v) is 6.45. The second-order valence-electron chi connectivity index (χ2n) is 8.47. The molecule has 0 aromatic carbocycles. The van der Waals surface area contributed by atoms with E-state index in [1.165, 1.54) is 6.92 Å². The highest BCUT2D eigenvalue weighted by molar-refractivity contribution is 5.87. The second kappa shape index (κ2) is 8.88. The van der Waals surface area contributed by atoms with Gasteiger partial charge < -0.3 is 24.4 Å². The SMILES string of the molecule is COC1CCN(C(=O)C(NC(C)=O)C(C)OCC23CCC(CC2)OC3)CC1. The Hall–Kier alpha value is -1.18. The van der Waals surface area contributed by atoms with Gasteiger partial charge in [0.05, 0.1) is 31.5 Å². The summed E-state index contributed by atoms with van der Waals surface area (Å²) in [5, 5.41) is 2.81. The van der Waals surface area contributed by atoms with Crippen LogP contribution in [0.4, 0.5) is 0 Å². The molecule has 7 nitrogen and oxygen atoms in total. The molecule has 1 N–H and O–H groups in total. The number of nitrogens with one attached hydrogen (secondary N) is 1. The van der Waals surface area contributed by atoms with Gasteiger partial charge in [0.2, 0.25) is 11.8 Å². The van der Waals surface area contributed by atoms with Crippen LogP contribution >= 0.6 is 0 Å². The molecule has 0 spiro atoms. The zero-order valence-electron chi connectivity index (χ0n) is 16.9. The summed E-state index contributed by atoms with van der Waals surface area (Å²) in [4.78, 5) is 26.6. The first-order chi connectivity index (χ1) is 12.9. The maximum absolute atomic E-state index is 13.0. The van der Waals surface area contributed by atoms with Gasteiger partial charge in [-0.2, -0.15) is 0 Å². The topological polar surface area (TPSA) is 77.1 Å². The first kappa shape index (κ1) is 20.6. The smallest absolute Gasteiger partial charge is 0.247 e. The molecule has 3 heterocycles. The molecule has 2 unspecified atom stereocenters. The van der Waals surface area contributed by atoms with Crippen molar-refractivity contribution in [2.75, 3.05) is 33.4 Å². The maximum atomic E-state index is 13.0. The molecule has 3 aliphatic heterocycles. The van der Waals surface area contributed by atoms with Crippen molar-refractivity contribution >= 4 is 11.8 Å². The minimum atomic E-state index is -0.654. The molecule has 154 valence electrons. The Labute approximate surface area is 162 Å². The highest BCUT2D eigenvalue weighted by Crippen LogP contribution is 2.43. The van der Waals surface area contributed by atoms with Crippen molar-refractivity contribution in [3.63, 3.8) is 0 Å². The van der Waals surface area contributed by atoms with Gasteiger partial charge in [0.15, 0.2) is 0 Å². The molecule has 3 saturated heterocycles. The van der Waals surface area contributed by atoms with E-state index in [0.717, 1.165) is 45.1 Å². The number of rotatable bonds is 7. The molecule has 4 fully saturated rings. The van der Waals surface area contributed by atoms with Gasteiger partial charge >= 0.3 is 0 Å². The van der Waals surface area contributed by atoms with Gasteiger partial charge in [-0.25, -0.2) is 0 Å². The van der Waals surface area contributed by atoms with Crippen LogP contribution < -0.4 is 5.32 Å². The van der Waals surface area contributed by atoms with Crippen LogP contribution in [-0.4, -0.2) is 74.5 Å². The molecule has 0 aromatic heterocycles. The van der Waals surface area contributed by atoms with Crippen LogP contribution in [0.15, 0.2) is 0 Å². The van der Waals surface area contributed by atoms with E-state index in [1.807, 2.05) is 11.8 Å². The Morgan fingerprint density at radius 1 is 1.22 bits per heavy atom. The molecule has 27 heavy (non-hydrogen) atoms. The summed E-state index contributed by atoms with van der Waals surface area (Å²) in [6.45, 7) is 5.95. The molecule has 2 amide bonds. The number of nitrogens with zero attached hydrogens (tertiary/aromatic N) is 1. The van der Waals surface area contributed by atoms with Crippen molar-refractivity contribution in [1.29, 1.82) is 0 Å². The van der Waals surface area contributed by atoms with Gasteiger partial charge in [-0.3, -0.25) is 9.59 Å². The highest BCUT2D eigenvalue weighted by atomic mass is 16.5. The van der Waals surface area contributed by atoms with Gasteiger partial charge in [-0.15, -0.1) is 0 Å². The first-order valence-corrected chi connectivity index (χ1v) is 10.2.